The van der Waals surface area contributed by atoms with Crippen molar-refractivity contribution in [3.8, 4) is 5.75 Å². The van der Waals surface area contributed by atoms with Crippen LogP contribution in [0.1, 0.15) is 18.4 Å². The van der Waals surface area contributed by atoms with Gasteiger partial charge in [0.1, 0.15) is 0 Å². The summed E-state index contributed by atoms with van der Waals surface area (Å²) in [5.41, 5.74) is 6.95. The molecule has 0 bridgehead atoms. The average molecular weight is 209 g/mol. The van der Waals surface area contributed by atoms with Crippen molar-refractivity contribution in [2.24, 2.45) is 11.1 Å². The third-order valence-corrected chi connectivity index (χ3v) is 3.19. The van der Waals surface area contributed by atoms with Gasteiger partial charge in [-0.1, -0.05) is 6.07 Å². The van der Waals surface area contributed by atoms with Gasteiger partial charge in [-0.05, 0) is 48.9 Å². The van der Waals surface area contributed by atoms with Gasteiger partial charge in [-0.3, -0.25) is 0 Å². The summed E-state index contributed by atoms with van der Waals surface area (Å²) in [6.07, 6.45) is 3.21. The van der Waals surface area contributed by atoms with Crippen LogP contribution in [0.2, 0.25) is 0 Å². The molecule has 3 heteroatoms. The van der Waals surface area contributed by atoms with E-state index in [-0.39, 0.29) is 11.2 Å². The van der Waals surface area contributed by atoms with Crippen LogP contribution in [-0.2, 0) is 6.42 Å². The minimum absolute atomic E-state index is 0.251. The molecule has 2 rings (SSSR count). The quantitative estimate of drug-likeness (QED) is 0.824. The number of hydrogen-bond acceptors (Lipinski definition) is 2. The third-order valence-electron chi connectivity index (χ3n) is 3.19. The fourth-order valence-corrected chi connectivity index (χ4v) is 1.88. The lowest BCUT2D eigenvalue weighted by molar-refractivity contribution is 0.385. The highest BCUT2D eigenvalue weighted by atomic mass is 19.1. The molecule has 0 radical (unpaired) electrons. The summed E-state index contributed by atoms with van der Waals surface area (Å²) in [6, 6.07) is 5.14. The molecular weight excluding hydrogens is 193 g/mol. The van der Waals surface area contributed by atoms with Crippen LogP contribution in [0.25, 0.3) is 0 Å². The SMILES string of the molecule is COc1ccc(CC2(CN)CC2)cc1F. The van der Waals surface area contributed by atoms with Crippen LogP contribution in [0.5, 0.6) is 5.75 Å². The maximum Gasteiger partial charge on any atom is 0.165 e. The van der Waals surface area contributed by atoms with E-state index < -0.39 is 0 Å². The van der Waals surface area contributed by atoms with Gasteiger partial charge in [-0.25, -0.2) is 4.39 Å². The fourth-order valence-electron chi connectivity index (χ4n) is 1.88. The highest BCUT2D eigenvalue weighted by molar-refractivity contribution is 5.30. The summed E-state index contributed by atoms with van der Waals surface area (Å²) in [4.78, 5) is 0. The number of hydrogen-bond donors (Lipinski definition) is 1. The zero-order valence-corrected chi connectivity index (χ0v) is 8.92. The van der Waals surface area contributed by atoms with Gasteiger partial charge in [0.05, 0.1) is 7.11 Å². The molecule has 1 aromatic rings. The smallest absolute Gasteiger partial charge is 0.165 e. The maximum absolute atomic E-state index is 13.4. The lowest BCUT2D eigenvalue weighted by atomic mass is 9.96. The molecule has 1 aromatic carbocycles. The number of halogens is 1. The van der Waals surface area contributed by atoms with Crippen molar-refractivity contribution in [2.45, 2.75) is 19.3 Å². The molecule has 0 spiro atoms. The van der Waals surface area contributed by atoms with E-state index in [9.17, 15) is 4.39 Å². The van der Waals surface area contributed by atoms with Crippen molar-refractivity contribution < 1.29 is 9.13 Å². The van der Waals surface area contributed by atoms with Crippen LogP contribution in [-0.4, -0.2) is 13.7 Å². The van der Waals surface area contributed by atoms with Gasteiger partial charge in [0, 0.05) is 0 Å². The summed E-state index contributed by atoms with van der Waals surface area (Å²) in [6.45, 7) is 0.695. The molecule has 2 N–H and O–H groups in total. The standard InChI is InChI=1S/C12H16FNO/c1-15-11-3-2-9(6-10(11)13)7-12(8-14)4-5-12/h2-3,6H,4-5,7-8,14H2,1H3. The third kappa shape index (κ3) is 2.12. The van der Waals surface area contributed by atoms with Crippen molar-refractivity contribution >= 4 is 0 Å². The fraction of sp³-hybridized carbons (Fsp3) is 0.500. The predicted octanol–water partition coefficient (Wildman–Crippen LogP) is 2.12. The van der Waals surface area contributed by atoms with Crippen molar-refractivity contribution in [1.82, 2.24) is 0 Å². The Bertz CT molecular complexity index is 361. The molecular formula is C12H16FNO. The number of benzene rings is 1. The normalized spacial score (nSPS) is 17.5. The minimum atomic E-state index is -0.289. The molecule has 0 amide bonds. The Morgan fingerprint density at radius 2 is 2.20 bits per heavy atom. The van der Waals surface area contributed by atoms with E-state index in [1.54, 1.807) is 12.1 Å². The molecule has 0 unspecified atom stereocenters. The van der Waals surface area contributed by atoms with Gasteiger partial charge >= 0.3 is 0 Å². The predicted molar refractivity (Wildman–Crippen MR) is 57.4 cm³/mol. The first-order valence-corrected chi connectivity index (χ1v) is 5.22. The Morgan fingerprint density at radius 1 is 1.47 bits per heavy atom. The minimum Gasteiger partial charge on any atom is -0.494 e. The summed E-state index contributed by atoms with van der Waals surface area (Å²) in [7, 11) is 1.47. The molecule has 1 aliphatic rings. The summed E-state index contributed by atoms with van der Waals surface area (Å²) < 4.78 is 18.3. The molecule has 0 atom stereocenters. The monoisotopic (exact) mass is 209 g/mol. The molecule has 2 nitrogen and oxygen atoms in total. The Balaban J connectivity index is 2.13. The van der Waals surface area contributed by atoms with E-state index >= 15 is 0 Å². The molecule has 0 aromatic heterocycles. The maximum atomic E-state index is 13.4. The van der Waals surface area contributed by atoms with Crippen molar-refractivity contribution in [3.05, 3.63) is 29.6 Å². The van der Waals surface area contributed by atoms with Gasteiger partial charge < -0.3 is 10.5 Å². The second kappa shape index (κ2) is 3.81. The molecule has 1 aliphatic carbocycles. The van der Waals surface area contributed by atoms with E-state index in [1.165, 1.54) is 7.11 Å². The lowest BCUT2D eigenvalue weighted by Crippen LogP contribution is -2.17. The van der Waals surface area contributed by atoms with E-state index in [0.717, 1.165) is 24.8 Å². The summed E-state index contributed by atoms with van der Waals surface area (Å²) in [5, 5.41) is 0. The molecule has 1 saturated carbocycles. The number of ether oxygens (including phenoxy) is 1. The largest absolute Gasteiger partial charge is 0.494 e. The number of rotatable bonds is 4. The van der Waals surface area contributed by atoms with Crippen LogP contribution in [0, 0.1) is 11.2 Å². The zero-order chi connectivity index (χ0) is 10.9. The second-order valence-electron chi connectivity index (χ2n) is 4.35. The molecule has 82 valence electrons. The zero-order valence-electron chi connectivity index (χ0n) is 8.92. The highest BCUT2D eigenvalue weighted by Gasteiger charge is 2.40. The van der Waals surface area contributed by atoms with Crippen LogP contribution in [0.4, 0.5) is 4.39 Å². The molecule has 0 saturated heterocycles. The van der Waals surface area contributed by atoms with E-state index in [0.29, 0.717) is 12.3 Å². The van der Waals surface area contributed by atoms with Crippen LogP contribution in [0.3, 0.4) is 0 Å². The van der Waals surface area contributed by atoms with Gasteiger partial charge in [-0.2, -0.15) is 0 Å². The average Bonchev–Trinajstić information content (AvgIpc) is 2.99. The Morgan fingerprint density at radius 3 is 2.67 bits per heavy atom. The van der Waals surface area contributed by atoms with Crippen molar-refractivity contribution in [2.75, 3.05) is 13.7 Å². The van der Waals surface area contributed by atoms with Gasteiger partial charge in [0.2, 0.25) is 0 Å². The van der Waals surface area contributed by atoms with Gasteiger partial charge in [0.15, 0.2) is 11.6 Å². The Labute approximate surface area is 89.2 Å². The van der Waals surface area contributed by atoms with Crippen molar-refractivity contribution in [3.63, 3.8) is 0 Å². The van der Waals surface area contributed by atoms with Crippen LogP contribution >= 0.6 is 0 Å². The first-order chi connectivity index (χ1) is 7.19. The van der Waals surface area contributed by atoms with Crippen molar-refractivity contribution in [1.29, 1.82) is 0 Å². The molecule has 0 aliphatic heterocycles. The van der Waals surface area contributed by atoms with E-state index in [4.69, 9.17) is 10.5 Å². The number of methoxy groups -OCH3 is 1. The molecule has 15 heavy (non-hydrogen) atoms. The summed E-state index contributed by atoms with van der Waals surface area (Å²) in [5.74, 6) is 0.0131. The summed E-state index contributed by atoms with van der Waals surface area (Å²) >= 11 is 0. The lowest BCUT2D eigenvalue weighted by Gasteiger charge is -2.12. The molecule has 1 fully saturated rings. The second-order valence-corrected chi connectivity index (χ2v) is 4.35. The van der Waals surface area contributed by atoms with Gasteiger partial charge in [-0.15, -0.1) is 0 Å². The Hall–Kier alpha value is -1.09. The first kappa shape index (κ1) is 10.4. The number of nitrogens with two attached hydrogens (primary N) is 1. The van der Waals surface area contributed by atoms with E-state index in [1.807, 2.05) is 6.07 Å². The van der Waals surface area contributed by atoms with Crippen LogP contribution < -0.4 is 10.5 Å². The van der Waals surface area contributed by atoms with Gasteiger partial charge in [0.25, 0.3) is 0 Å². The molecule has 0 heterocycles. The Kier molecular flexibility index (Phi) is 2.65. The topological polar surface area (TPSA) is 35.2 Å². The highest BCUT2D eigenvalue weighted by Crippen LogP contribution is 2.47. The van der Waals surface area contributed by atoms with Crippen LogP contribution in [0.15, 0.2) is 18.2 Å². The van der Waals surface area contributed by atoms with E-state index in [2.05, 4.69) is 0 Å². The first-order valence-electron chi connectivity index (χ1n) is 5.22.